The Morgan fingerprint density at radius 1 is 1.04 bits per heavy atom. The first-order chi connectivity index (χ1) is 13.1. The summed E-state index contributed by atoms with van der Waals surface area (Å²) in [7, 11) is -0.00132. The van der Waals surface area contributed by atoms with E-state index in [-0.39, 0.29) is 11.6 Å². The summed E-state index contributed by atoms with van der Waals surface area (Å²) in [6, 6.07) is 11.6. The number of hydrogen-bond donors (Lipinski definition) is 1. The fraction of sp³-hybridized carbons (Fsp3) is 0.263. The number of nitrogens with zero attached hydrogens (tertiary/aromatic N) is 3. The minimum absolute atomic E-state index is 0.138. The van der Waals surface area contributed by atoms with Gasteiger partial charge in [-0.1, -0.05) is 0 Å². The van der Waals surface area contributed by atoms with Gasteiger partial charge in [-0.05, 0) is 49.4 Å². The van der Waals surface area contributed by atoms with Crippen LogP contribution in [0.3, 0.4) is 0 Å². The maximum atomic E-state index is 12.5. The van der Waals surface area contributed by atoms with Gasteiger partial charge < -0.3 is 5.32 Å². The van der Waals surface area contributed by atoms with Gasteiger partial charge in [0.15, 0.2) is 0 Å². The van der Waals surface area contributed by atoms with Crippen LogP contribution in [-0.2, 0) is 24.1 Å². The second-order valence-electron chi connectivity index (χ2n) is 6.53. The SMILES string of the molecule is CCN(c1ccc(C(=O)Nc2ccc3c(c2)n(C)c(=O)n3C)cc1)S(C)(=O)=O. The molecule has 1 N–H and O–H groups in total. The number of carbonyl (C=O) groups excluding carboxylic acids is 1. The summed E-state index contributed by atoms with van der Waals surface area (Å²) in [6.07, 6.45) is 1.14. The number of amides is 1. The minimum atomic E-state index is -3.37. The van der Waals surface area contributed by atoms with Crippen LogP contribution in [0.5, 0.6) is 0 Å². The summed E-state index contributed by atoms with van der Waals surface area (Å²) >= 11 is 0. The van der Waals surface area contributed by atoms with Crippen molar-refractivity contribution < 1.29 is 13.2 Å². The molecule has 0 spiro atoms. The Morgan fingerprint density at radius 2 is 1.64 bits per heavy atom. The first-order valence-corrected chi connectivity index (χ1v) is 10.5. The molecule has 9 heteroatoms. The summed E-state index contributed by atoms with van der Waals surface area (Å²) in [5.41, 5.74) is 2.81. The Morgan fingerprint density at radius 3 is 2.21 bits per heavy atom. The maximum absolute atomic E-state index is 12.5. The van der Waals surface area contributed by atoms with E-state index in [1.54, 1.807) is 68.1 Å². The van der Waals surface area contributed by atoms with Crippen LogP contribution in [0, 0.1) is 0 Å². The van der Waals surface area contributed by atoms with Gasteiger partial charge in [0.1, 0.15) is 0 Å². The summed E-state index contributed by atoms with van der Waals surface area (Å²) in [4.78, 5) is 24.6. The molecule has 28 heavy (non-hydrogen) atoms. The molecule has 8 nitrogen and oxygen atoms in total. The highest BCUT2D eigenvalue weighted by Crippen LogP contribution is 2.20. The van der Waals surface area contributed by atoms with Crippen molar-refractivity contribution in [2.24, 2.45) is 14.1 Å². The van der Waals surface area contributed by atoms with Crippen molar-refractivity contribution >= 4 is 38.3 Å². The zero-order valence-electron chi connectivity index (χ0n) is 16.1. The van der Waals surface area contributed by atoms with Crippen LogP contribution in [0.4, 0.5) is 11.4 Å². The largest absolute Gasteiger partial charge is 0.328 e. The number of carbonyl (C=O) groups is 1. The molecule has 1 amide bonds. The summed E-state index contributed by atoms with van der Waals surface area (Å²) in [6.45, 7) is 2.05. The fourth-order valence-electron chi connectivity index (χ4n) is 3.18. The van der Waals surface area contributed by atoms with Gasteiger partial charge >= 0.3 is 5.69 Å². The molecule has 0 saturated heterocycles. The lowest BCUT2D eigenvalue weighted by Crippen LogP contribution is -2.29. The molecule has 0 fully saturated rings. The van der Waals surface area contributed by atoms with Gasteiger partial charge in [0, 0.05) is 31.9 Å². The third kappa shape index (κ3) is 3.53. The van der Waals surface area contributed by atoms with E-state index in [2.05, 4.69) is 5.32 Å². The molecule has 148 valence electrons. The number of hydrogen-bond acceptors (Lipinski definition) is 4. The molecule has 3 rings (SSSR count). The molecule has 0 aliphatic heterocycles. The van der Waals surface area contributed by atoms with Crippen LogP contribution in [0.15, 0.2) is 47.3 Å². The Labute approximate surface area is 163 Å². The number of anilines is 2. The number of nitrogens with one attached hydrogen (secondary N) is 1. The lowest BCUT2D eigenvalue weighted by Gasteiger charge is -2.20. The molecule has 0 saturated carbocycles. The molecule has 3 aromatic rings. The van der Waals surface area contributed by atoms with E-state index in [1.807, 2.05) is 0 Å². The van der Waals surface area contributed by atoms with Crippen LogP contribution in [0.25, 0.3) is 11.0 Å². The molecule has 0 aliphatic rings. The van der Waals surface area contributed by atoms with Crippen LogP contribution in [-0.4, -0.2) is 36.3 Å². The van der Waals surface area contributed by atoms with Gasteiger partial charge in [0.05, 0.1) is 23.0 Å². The Kier molecular flexibility index (Phi) is 5.03. The first-order valence-electron chi connectivity index (χ1n) is 8.68. The van der Waals surface area contributed by atoms with Crippen molar-refractivity contribution in [3.05, 3.63) is 58.5 Å². The van der Waals surface area contributed by atoms with E-state index >= 15 is 0 Å². The van der Waals surface area contributed by atoms with E-state index in [0.29, 0.717) is 29.0 Å². The Bertz CT molecular complexity index is 1210. The smallest absolute Gasteiger partial charge is 0.322 e. The third-order valence-corrected chi connectivity index (χ3v) is 5.90. The van der Waals surface area contributed by atoms with Gasteiger partial charge in [-0.2, -0.15) is 0 Å². The van der Waals surface area contributed by atoms with Gasteiger partial charge in [-0.25, -0.2) is 13.2 Å². The molecule has 0 unspecified atom stereocenters. The number of aromatic nitrogens is 2. The monoisotopic (exact) mass is 402 g/mol. The maximum Gasteiger partial charge on any atom is 0.328 e. The highest BCUT2D eigenvalue weighted by molar-refractivity contribution is 7.92. The predicted molar refractivity (Wildman–Crippen MR) is 110 cm³/mol. The molecule has 1 aromatic heterocycles. The van der Waals surface area contributed by atoms with Gasteiger partial charge in [0.2, 0.25) is 10.0 Å². The topological polar surface area (TPSA) is 93.4 Å². The van der Waals surface area contributed by atoms with Crippen LogP contribution < -0.4 is 15.3 Å². The second kappa shape index (κ2) is 7.16. The molecular weight excluding hydrogens is 380 g/mol. The molecular formula is C19H22N4O4S. The summed E-state index contributed by atoms with van der Waals surface area (Å²) in [5, 5.41) is 2.80. The second-order valence-corrected chi connectivity index (χ2v) is 8.44. The number of imidazole rings is 1. The first kappa shape index (κ1) is 19.7. The highest BCUT2D eigenvalue weighted by Gasteiger charge is 2.16. The fourth-order valence-corrected chi connectivity index (χ4v) is 4.15. The van der Waals surface area contributed by atoms with Crippen LogP contribution >= 0.6 is 0 Å². The minimum Gasteiger partial charge on any atom is -0.322 e. The average Bonchev–Trinajstić information content (AvgIpc) is 2.86. The van der Waals surface area contributed by atoms with Crippen molar-refractivity contribution in [3.63, 3.8) is 0 Å². The number of fused-ring (bicyclic) bond motifs is 1. The van der Waals surface area contributed by atoms with Crippen LogP contribution in [0.1, 0.15) is 17.3 Å². The number of sulfonamides is 1. The Balaban J connectivity index is 1.84. The van der Waals surface area contributed by atoms with Gasteiger partial charge in [0.25, 0.3) is 5.91 Å². The zero-order chi connectivity index (χ0) is 20.6. The molecule has 0 bridgehead atoms. The van der Waals surface area contributed by atoms with E-state index < -0.39 is 10.0 Å². The molecule has 2 aromatic carbocycles. The number of rotatable bonds is 5. The standard InChI is InChI=1S/C19H22N4O4S/c1-5-23(28(4,26)27)15-9-6-13(7-10-15)18(24)20-14-8-11-16-17(12-14)22(3)19(25)21(16)2/h6-12H,5H2,1-4H3,(H,20,24). The van der Waals surface area contributed by atoms with E-state index in [4.69, 9.17) is 0 Å². The van der Waals surface area contributed by atoms with Gasteiger partial charge in [-0.15, -0.1) is 0 Å². The molecule has 0 radical (unpaired) electrons. The number of benzene rings is 2. The summed E-state index contributed by atoms with van der Waals surface area (Å²) < 4.78 is 27.9. The van der Waals surface area contributed by atoms with Crippen molar-refractivity contribution in [3.8, 4) is 0 Å². The lowest BCUT2D eigenvalue weighted by molar-refractivity contribution is 0.102. The zero-order valence-corrected chi connectivity index (χ0v) is 16.9. The van der Waals surface area contributed by atoms with Crippen LogP contribution in [0.2, 0.25) is 0 Å². The molecule has 0 aliphatic carbocycles. The third-order valence-electron chi connectivity index (χ3n) is 4.63. The average molecular weight is 402 g/mol. The van der Waals surface area contributed by atoms with E-state index in [0.717, 1.165) is 11.8 Å². The Hall–Kier alpha value is -3.07. The van der Waals surface area contributed by atoms with Crippen molar-refractivity contribution in [1.82, 2.24) is 9.13 Å². The predicted octanol–water partition coefficient (Wildman–Crippen LogP) is 1.92. The normalized spacial score (nSPS) is 11.6. The van der Waals surface area contributed by atoms with Crippen molar-refractivity contribution in [2.75, 3.05) is 22.4 Å². The molecule has 1 heterocycles. The van der Waals surface area contributed by atoms with Crippen molar-refractivity contribution in [2.45, 2.75) is 6.92 Å². The van der Waals surface area contributed by atoms with E-state index in [9.17, 15) is 18.0 Å². The summed E-state index contributed by atoms with van der Waals surface area (Å²) in [5.74, 6) is -0.325. The lowest BCUT2D eigenvalue weighted by atomic mass is 10.2. The van der Waals surface area contributed by atoms with Gasteiger partial charge in [-0.3, -0.25) is 18.2 Å². The highest BCUT2D eigenvalue weighted by atomic mass is 32.2. The van der Waals surface area contributed by atoms with Crippen molar-refractivity contribution in [1.29, 1.82) is 0 Å². The quantitative estimate of drug-likeness (QED) is 0.706. The van der Waals surface area contributed by atoms with E-state index in [1.165, 1.54) is 8.87 Å². The molecule has 0 atom stereocenters. The number of aryl methyl sites for hydroxylation is 2.